The van der Waals surface area contributed by atoms with Crippen LogP contribution in [0.25, 0.3) is 11.3 Å². The van der Waals surface area contributed by atoms with Gasteiger partial charge in [-0.25, -0.2) is 0 Å². The molecule has 0 amide bonds. The summed E-state index contributed by atoms with van der Waals surface area (Å²) in [4.78, 5) is 9.43. The third kappa shape index (κ3) is 5.48. The largest absolute Gasteiger partial charge is 0.489 e. The number of nitrogens with two attached hydrogens (primary N) is 1. The molecule has 0 saturated carbocycles. The SMILES string of the molecule is Cc1ccc(-c2cc(CO/N=C(\N)c3cccc(OCc4cccnc4)c3)on2)cc1. The highest BCUT2D eigenvalue weighted by atomic mass is 16.6. The third-order valence-electron chi connectivity index (χ3n) is 4.53. The fourth-order valence-corrected chi connectivity index (χ4v) is 2.85. The number of nitrogens with zero attached hydrogens (tertiary/aromatic N) is 3. The predicted molar refractivity (Wildman–Crippen MR) is 117 cm³/mol. The fourth-order valence-electron chi connectivity index (χ4n) is 2.85. The number of aromatic nitrogens is 2. The quantitative estimate of drug-likeness (QED) is 0.260. The second-order valence-electron chi connectivity index (χ2n) is 6.97. The molecule has 4 aromatic rings. The maximum absolute atomic E-state index is 6.06. The van der Waals surface area contributed by atoms with E-state index in [1.165, 1.54) is 5.56 Å². The summed E-state index contributed by atoms with van der Waals surface area (Å²) in [6.07, 6.45) is 3.49. The molecule has 0 radical (unpaired) electrons. The first-order valence-electron chi connectivity index (χ1n) is 9.77. The molecule has 0 bridgehead atoms. The van der Waals surface area contributed by atoms with Crippen molar-refractivity contribution >= 4 is 5.84 Å². The van der Waals surface area contributed by atoms with Crippen molar-refractivity contribution in [2.24, 2.45) is 10.9 Å². The second kappa shape index (κ2) is 9.58. The number of hydrogen-bond donors (Lipinski definition) is 1. The van der Waals surface area contributed by atoms with Crippen molar-refractivity contribution in [1.29, 1.82) is 0 Å². The van der Waals surface area contributed by atoms with Gasteiger partial charge >= 0.3 is 0 Å². The van der Waals surface area contributed by atoms with Crippen LogP contribution in [0.3, 0.4) is 0 Å². The number of pyridine rings is 1. The molecule has 0 atom stereocenters. The summed E-state index contributed by atoms with van der Waals surface area (Å²) < 4.78 is 11.1. The highest BCUT2D eigenvalue weighted by Gasteiger charge is 2.08. The molecule has 7 heteroatoms. The lowest BCUT2D eigenvalue weighted by molar-refractivity contribution is 0.109. The molecule has 0 aliphatic heterocycles. The summed E-state index contributed by atoms with van der Waals surface area (Å²) in [5.74, 6) is 1.48. The Labute approximate surface area is 180 Å². The molecular formula is C24H22N4O3. The van der Waals surface area contributed by atoms with E-state index in [1.807, 2.05) is 73.7 Å². The van der Waals surface area contributed by atoms with Gasteiger partial charge < -0.3 is 19.8 Å². The van der Waals surface area contributed by atoms with Crippen LogP contribution < -0.4 is 10.5 Å². The summed E-state index contributed by atoms with van der Waals surface area (Å²) in [5.41, 5.74) is 10.6. The van der Waals surface area contributed by atoms with E-state index in [-0.39, 0.29) is 12.4 Å². The van der Waals surface area contributed by atoms with Gasteiger partial charge in [0.2, 0.25) is 0 Å². The van der Waals surface area contributed by atoms with E-state index < -0.39 is 0 Å². The topological polar surface area (TPSA) is 95.8 Å². The van der Waals surface area contributed by atoms with Gasteiger partial charge in [-0.3, -0.25) is 4.98 Å². The highest BCUT2D eigenvalue weighted by molar-refractivity contribution is 5.97. The number of benzene rings is 2. The third-order valence-corrected chi connectivity index (χ3v) is 4.53. The standard InChI is InChI=1S/C24H22N4O3/c1-17-7-9-19(10-8-17)23-13-22(31-27-23)16-30-28-24(25)20-5-2-6-21(12-20)29-15-18-4-3-11-26-14-18/h2-14H,15-16H2,1H3,(H2,25,28). The first-order valence-corrected chi connectivity index (χ1v) is 9.77. The molecule has 0 fully saturated rings. The molecule has 31 heavy (non-hydrogen) atoms. The van der Waals surface area contributed by atoms with Gasteiger partial charge in [0.05, 0.1) is 0 Å². The zero-order valence-electron chi connectivity index (χ0n) is 17.1. The first kappa shape index (κ1) is 20.2. The van der Waals surface area contributed by atoms with Gasteiger partial charge in [0.15, 0.2) is 18.2 Å². The van der Waals surface area contributed by atoms with Crippen LogP contribution in [-0.2, 0) is 18.1 Å². The Morgan fingerprint density at radius 2 is 1.90 bits per heavy atom. The zero-order valence-corrected chi connectivity index (χ0v) is 17.1. The van der Waals surface area contributed by atoms with Gasteiger partial charge in [0, 0.05) is 35.2 Å². The van der Waals surface area contributed by atoms with Gasteiger partial charge in [-0.1, -0.05) is 58.3 Å². The fraction of sp³-hybridized carbons (Fsp3) is 0.125. The van der Waals surface area contributed by atoms with Crippen LogP contribution >= 0.6 is 0 Å². The lowest BCUT2D eigenvalue weighted by Gasteiger charge is -2.07. The molecule has 2 aromatic carbocycles. The van der Waals surface area contributed by atoms with Crippen molar-refractivity contribution in [2.75, 3.05) is 0 Å². The number of hydrogen-bond acceptors (Lipinski definition) is 6. The molecule has 0 unspecified atom stereocenters. The van der Waals surface area contributed by atoms with Gasteiger partial charge in [-0.15, -0.1) is 0 Å². The minimum absolute atomic E-state index is 0.122. The Balaban J connectivity index is 1.34. The summed E-state index contributed by atoms with van der Waals surface area (Å²) in [5, 5.41) is 8.06. The average Bonchev–Trinajstić information content (AvgIpc) is 3.28. The molecule has 156 valence electrons. The van der Waals surface area contributed by atoms with E-state index in [0.717, 1.165) is 16.8 Å². The molecule has 0 aliphatic rings. The van der Waals surface area contributed by atoms with Crippen molar-refractivity contribution in [1.82, 2.24) is 10.1 Å². The van der Waals surface area contributed by atoms with Crippen LogP contribution in [-0.4, -0.2) is 16.0 Å². The maximum atomic E-state index is 6.06. The van der Waals surface area contributed by atoms with E-state index in [2.05, 4.69) is 15.3 Å². The van der Waals surface area contributed by atoms with Crippen LogP contribution in [0.5, 0.6) is 5.75 Å². The van der Waals surface area contributed by atoms with Crippen molar-refractivity contribution in [3.8, 4) is 17.0 Å². The van der Waals surface area contributed by atoms with Gasteiger partial charge in [0.25, 0.3) is 0 Å². The number of rotatable bonds is 8. The van der Waals surface area contributed by atoms with Crippen molar-refractivity contribution in [3.63, 3.8) is 0 Å². The summed E-state index contributed by atoms with van der Waals surface area (Å²) in [6, 6.07) is 21.0. The molecule has 2 N–H and O–H groups in total. The van der Waals surface area contributed by atoms with Crippen molar-refractivity contribution in [2.45, 2.75) is 20.1 Å². The van der Waals surface area contributed by atoms with Crippen molar-refractivity contribution < 1.29 is 14.1 Å². The summed E-state index contributed by atoms with van der Waals surface area (Å²) in [6.45, 7) is 2.58. The number of oxime groups is 1. The Kier molecular flexibility index (Phi) is 6.23. The smallest absolute Gasteiger partial charge is 0.177 e. The zero-order chi connectivity index (χ0) is 21.5. The predicted octanol–water partition coefficient (Wildman–Crippen LogP) is 4.46. The second-order valence-corrected chi connectivity index (χ2v) is 6.97. The number of amidine groups is 1. The maximum Gasteiger partial charge on any atom is 0.177 e. The van der Waals surface area contributed by atoms with Gasteiger partial charge in [-0.2, -0.15) is 0 Å². The Hall–Kier alpha value is -4.13. The monoisotopic (exact) mass is 414 g/mol. The molecule has 0 saturated heterocycles. The average molecular weight is 414 g/mol. The molecule has 0 aliphatic carbocycles. The Morgan fingerprint density at radius 1 is 1.03 bits per heavy atom. The van der Waals surface area contributed by atoms with Crippen LogP contribution in [0.4, 0.5) is 0 Å². The summed E-state index contributed by atoms with van der Waals surface area (Å²) >= 11 is 0. The molecule has 2 heterocycles. The Morgan fingerprint density at radius 3 is 2.71 bits per heavy atom. The van der Waals surface area contributed by atoms with Crippen LogP contribution in [0.1, 0.15) is 22.5 Å². The van der Waals surface area contributed by atoms with E-state index in [0.29, 0.717) is 23.7 Å². The van der Waals surface area contributed by atoms with Gasteiger partial charge in [-0.05, 0) is 25.1 Å². The molecule has 4 rings (SSSR count). The van der Waals surface area contributed by atoms with Crippen LogP contribution in [0.15, 0.2) is 88.8 Å². The molecular weight excluding hydrogens is 392 g/mol. The number of ether oxygens (including phenoxy) is 1. The normalized spacial score (nSPS) is 11.3. The summed E-state index contributed by atoms with van der Waals surface area (Å²) in [7, 11) is 0. The first-order chi connectivity index (χ1) is 15.2. The number of aryl methyl sites for hydroxylation is 1. The van der Waals surface area contributed by atoms with E-state index in [4.69, 9.17) is 19.8 Å². The lowest BCUT2D eigenvalue weighted by Crippen LogP contribution is -2.14. The minimum Gasteiger partial charge on any atom is -0.489 e. The van der Waals surface area contributed by atoms with E-state index in [1.54, 1.807) is 12.4 Å². The molecule has 0 spiro atoms. The molecule has 7 nitrogen and oxygen atoms in total. The molecule has 2 aromatic heterocycles. The van der Waals surface area contributed by atoms with E-state index >= 15 is 0 Å². The highest BCUT2D eigenvalue weighted by Crippen LogP contribution is 2.20. The Bertz CT molecular complexity index is 1150. The van der Waals surface area contributed by atoms with Crippen molar-refractivity contribution in [3.05, 3.63) is 102 Å². The minimum atomic E-state index is 0.122. The lowest BCUT2D eigenvalue weighted by atomic mass is 10.1. The van der Waals surface area contributed by atoms with E-state index in [9.17, 15) is 0 Å². The van der Waals surface area contributed by atoms with Gasteiger partial charge in [0.1, 0.15) is 18.1 Å². The van der Waals surface area contributed by atoms with Crippen LogP contribution in [0.2, 0.25) is 0 Å². The van der Waals surface area contributed by atoms with Crippen LogP contribution in [0, 0.1) is 6.92 Å².